The van der Waals surface area contributed by atoms with Gasteiger partial charge in [-0.15, -0.1) is 0 Å². The van der Waals surface area contributed by atoms with Crippen LogP contribution in [0.1, 0.15) is 33.5 Å². The smallest absolute Gasteiger partial charge is 0.254 e. The number of nitrogens with one attached hydrogen (secondary N) is 2. The Morgan fingerprint density at radius 2 is 1.88 bits per heavy atom. The Balaban J connectivity index is 1.45. The summed E-state index contributed by atoms with van der Waals surface area (Å²) in [7, 11) is 0. The molecule has 3 rings (SSSR count). The molecule has 0 heterocycles. The van der Waals surface area contributed by atoms with E-state index in [1.54, 1.807) is 36.4 Å². The molecule has 9 heteroatoms. The maximum Gasteiger partial charge on any atom is 0.254 e. The van der Waals surface area contributed by atoms with E-state index in [2.05, 4.69) is 37.8 Å². The lowest BCUT2D eigenvalue weighted by molar-refractivity contribution is -0.120. The molecule has 0 aliphatic rings. The van der Waals surface area contributed by atoms with Crippen molar-refractivity contribution in [2.24, 2.45) is 5.10 Å². The number of ether oxygens (including phenoxy) is 1. The van der Waals surface area contributed by atoms with Gasteiger partial charge in [-0.3, -0.25) is 9.59 Å². The third kappa shape index (κ3) is 6.98. The first-order chi connectivity index (χ1) is 16.5. The minimum atomic E-state index is -0.622. The molecule has 0 aliphatic heterocycles. The zero-order chi connectivity index (χ0) is 24.3. The first-order valence-corrected chi connectivity index (χ1v) is 11.0. The monoisotopic (exact) mass is 522 g/mol. The molecule has 172 valence electrons. The SMILES string of the molecule is N#Cc1ccccc1COc1ccc(C=NNC(=O)CCNC(=O)c2ccccc2F)cc1Br. The zero-order valence-corrected chi connectivity index (χ0v) is 19.5. The van der Waals surface area contributed by atoms with Crippen LogP contribution in [0.3, 0.4) is 0 Å². The molecule has 0 bridgehead atoms. The van der Waals surface area contributed by atoms with Gasteiger partial charge in [-0.05, 0) is 57.9 Å². The van der Waals surface area contributed by atoms with Gasteiger partial charge < -0.3 is 10.1 Å². The van der Waals surface area contributed by atoms with Crippen LogP contribution in [0.15, 0.2) is 76.3 Å². The Morgan fingerprint density at radius 1 is 1.12 bits per heavy atom. The Labute approximate surface area is 204 Å². The molecular formula is C25H20BrFN4O3. The molecule has 3 aromatic carbocycles. The molecule has 0 fully saturated rings. The number of halogens is 2. The van der Waals surface area contributed by atoms with Gasteiger partial charge in [0.25, 0.3) is 5.91 Å². The summed E-state index contributed by atoms with van der Waals surface area (Å²) in [5.41, 5.74) is 4.36. The van der Waals surface area contributed by atoms with Crippen molar-refractivity contribution in [1.29, 1.82) is 5.26 Å². The normalized spacial score (nSPS) is 10.5. The van der Waals surface area contributed by atoms with Crippen molar-refractivity contribution in [1.82, 2.24) is 10.7 Å². The first kappa shape index (κ1) is 24.6. The van der Waals surface area contributed by atoms with Crippen molar-refractivity contribution >= 4 is 34.0 Å². The summed E-state index contributed by atoms with van der Waals surface area (Å²) in [6.45, 7) is 0.292. The molecule has 3 aromatic rings. The van der Waals surface area contributed by atoms with Gasteiger partial charge in [0.2, 0.25) is 5.91 Å². The van der Waals surface area contributed by atoms with Crippen LogP contribution >= 0.6 is 15.9 Å². The molecule has 2 amide bonds. The molecule has 0 saturated heterocycles. The number of hydrazone groups is 1. The van der Waals surface area contributed by atoms with Gasteiger partial charge in [-0.1, -0.05) is 30.3 Å². The number of amides is 2. The summed E-state index contributed by atoms with van der Waals surface area (Å²) in [4.78, 5) is 23.8. The van der Waals surface area contributed by atoms with Crippen molar-refractivity contribution in [2.75, 3.05) is 6.54 Å². The lowest BCUT2D eigenvalue weighted by Crippen LogP contribution is -2.29. The number of carbonyl (C=O) groups excluding carboxylic acids is 2. The fourth-order valence-corrected chi connectivity index (χ4v) is 3.40. The molecule has 0 atom stereocenters. The highest BCUT2D eigenvalue weighted by atomic mass is 79.9. The van der Waals surface area contributed by atoms with Crippen molar-refractivity contribution in [2.45, 2.75) is 13.0 Å². The van der Waals surface area contributed by atoms with Crippen LogP contribution < -0.4 is 15.5 Å². The van der Waals surface area contributed by atoms with Gasteiger partial charge in [-0.2, -0.15) is 10.4 Å². The molecule has 0 radical (unpaired) electrons. The van der Waals surface area contributed by atoms with E-state index in [9.17, 15) is 14.0 Å². The second-order valence-corrected chi connectivity index (χ2v) is 7.88. The minimum absolute atomic E-state index is 0.0157. The average molecular weight is 523 g/mol. The minimum Gasteiger partial charge on any atom is -0.488 e. The Hall–Kier alpha value is -4.03. The molecule has 0 saturated carbocycles. The van der Waals surface area contributed by atoms with E-state index in [-0.39, 0.29) is 25.1 Å². The van der Waals surface area contributed by atoms with Crippen LogP contribution in [-0.2, 0) is 11.4 Å². The Kier molecular flexibility index (Phi) is 8.88. The highest BCUT2D eigenvalue weighted by molar-refractivity contribution is 9.10. The van der Waals surface area contributed by atoms with Crippen LogP contribution in [0.4, 0.5) is 4.39 Å². The van der Waals surface area contributed by atoms with Crippen molar-refractivity contribution in [3.05, 3.63) is 99.3 Å². The summed E-state index contributed by atoms with van der Waals surface area (Å²) < 4.78 is 20.1. The number of hydrogen-bond donors (Lipinski definition) is 2. The Morgan fingerprint density at radius 3 is 2.65 bits per heavy atom. The number of carbonyl (C=O) groups is 2. The molecule has 0 unspecified atom stereocenters. The molecule has 7 nitrogen and oxygen atoms in total. The largest absolute Gasteiger partial charge is 0.488 e. The van der Waals surface area contributed by atoms with E-state index in [0.717, 1.165) is 5.56 Å². The van der Waals surface area contributed by atoms with Gasteiger partial charge in [-0.25, -0.2) is 9.82 Å². The zero-order valence-electron chi connectivity index (χ0n) is 17.9. The highest BCUT2D eigenvalue weighted by Crippen LogP contribution is 2.26. The molecule has 34 heavy (non-hydrogen) atoms. The molecule has 0 aromatic heterocycles. The van der Waals surface area contributed by atoms with Gasteiger partial charge in [0.15, 0.2) is 0 Å². The van der Waals surface area contributed by atoms with E-state index in [1.165, 1.54) is 24.4 Å². The molecular weight excluding hydrogens is 503 g/mol. The molecule has 2 N–H and O–H groups in total. The van der Waals surface area contributed by atoms with Crippen molar-refractivity contribution in [3.63, 3.8) is 0 Å². The van der Waals surface area contributed by atoms with E-state index in [0.29, 0.717) is 21.3 Å². The van der Waals surface area contributed by atoms with Gasteiger partial charge >= 0.3 is 0 Å². The number of nitriles is 1. The first-order valence-electron chi connectivity index (χ1n) is 10.2. The number of benzene rings is 3. The maximum absolute atomic E-state index is 13.6. The highest BCUT2D eigenvalue weighted by Gasteiger charge is 2.10. The van der Waals surface area contributed by atoms with Crippen LogP contribution in [0.25, 0.3) is 0 Å². The second-order valence-electron chi connectivity index (χ2n) is 7.03. The summed E-state index contributed by atoms with van der Waals surface area (Å²) in [5, 5.41) is 15.6. The molecule has 0 aliphatic carbocycles. The van der Waals surface area contributed by atoms with Gasteiger partial charge in [0, 0.05) is 18.5 Å². The quantitative estimate of drug-likeness (QED) is 0.322. The number of rotatable bonds is 9. The summed E-state index contributed by atoms with van der Waals surface area (Å²) >= 11 is 3.44. The van der Waals surface area contributed by atoms with Gasteiger partial charge in [0.1, 0.15) is 18.2 Å². The van der Waals surface area contributed by atoms with Crippen LogP contribution in [0.5, 0.6) is 5.75 Å². The van der Waals surface area contributed by atoms with E-state index < -0.39 is 17.6 Å². The average Bonchev–Trinajstić information content (AvgIpc) is 2.84. The fraction of sp³-hybridized carbons (Fsp3) is 0.120. The second kappa shape index (κ2) is 12.3. The van der Waals surface area contributed by atoms with Crippen LogP contribution in [-0.4, -0.2) is 24.6 Å². The maximum atomic E-state index is 13.6. The predicted octanol–water partition coefficient (Wildman–Crippen LogP) is 4.31. The third-order valence-electron chi connectivity index (χ3n) is 4.64. The predicted molar refractivity (Wildman–Crippen MR) is 129 cm³/mol. The van der Waals surface area contributed by atoms with Crippen molar-refractivity contribution < 1.29 is 18.7 Å². The lowest BCUT2D eigenvalue weighted by atomic mass is 10.1. The topological polar surface area (TPSA) is 104 Å². The number of hydrogen-bond acceptors (Lipinski definition) is 5. The van der Waals surface area contributed by atoms with Crippen molar-refractivity contribution in [3.8, 4) is 11.8 Å². The van der Waals surface area contributed by atoms with Gasteiger partial charge in [0.05, 0.1) is 27.9 Å². The third-order valence-corrected chi connectivity index (χ3v) is 5.26. The fourth-order valence-electron chi connectivity index (χ4n) is 2.89. The van der Waals surface area contributed by atoms with Crippen LogP contribution in [0, 0.1) is 17.1 Å². The summed E-state index contributed by atoms with van der Waals surface area (Å²) in [6.07, 6.45) is 1.45. The number of nitrogens with zero attached hydrogens (tertiary/aromatic N) is 2. The summed E-state index contributed by atoms with van der Waals surface area (Å²) in [5.74, 6) is -1.01. The van der Waals surface area contributed by atoms with Crippen LogP contribution in [0.2, 0.25) is 0 Å². The van der Waals surface area contributed by atoms with E-state index >= 15 is 0 Å². The molecule has 0 spiro atoms. The lowest BCUT2D eigenvalue weighted by Gasteiger charge is -2.10. The van der Waals surface area contributed by atoms with E-state index in [4.69, 9.17) is 10.00 Å². The standard InChI is InChI=1S/C25H20BrFN4O3/c26-21-13-17(9-10-23(21)34-16-19-6-2-1-5-18(19)14-28)15-30-31-24(32)11-12-29-25(33)20-7-3-4-8-22(20)27/h1-10,13,15H,11-12,16H2,(H,29,33)(H,31,32). The summed E-state index contributed by atoms with van der Waals surface area (Å²) in [6, 6.07) is 20.3. The van der Waals surface area contributed by atoms with E-state index in [1.807, 2.05) is 12.1 Å². The Bertz CT molecular complexity index is 1260.